The van der Waals surface area contributed by atoms with Gasteiger partial charge in [-0.05, 0) is 66.2 Å². The summed E-state index contributed by atoms with van der Waals surface area (Å²) >= 11 is 0. The van der Waals surface area contributed by atoms with Crippen molar-refractivity contribution in [2.45, 2.75) is 20.3 Å². The number of aromatic amines is 1. The van der Waals surface area contributed by atoms with Gasteiger partial charge in [-0.2, -0.15) is 5.10 Å². The number of nitrogens with zero attached hydrogens (tertiary/aromatic N) is 5. The van der Waals surface area contributed by atoms with Gasteiger partial charge in [-0.15, -0.1) is 15.0 Å². The second-order valence-corrected chi connectivity index (χ2v) is 8.78. The second kappa shape index (κ2) is 7.95. The maximum absolute atomic E-state index is 11.2. The number of aromatic hydroxyl groups is 2. The molecule has 0 saturated heterocycles. The predicted octanol–water partition coefficient (Wildman–Crippen LogP) is 4.19. The molecule has 6 rings (SSSR count). The van der Waals surface area contributed by atoms with Crippen molar-refractivity contribution in [2.24, 2.45) is 0 Å². The number of nitrogens with one attached hydrogen (secondary N) is 1. The first-order valence-electron chi connectivity index (χ1n) is 11.3. The van der Waals surface area contributed by atoms with Gasteiger partial charge in [0.1, 0.15) is 22.5 Å². The van der Waals surface area contributed by atoms with Crippen LogP contribution in [0.25, 0.3) is 33.4 Å². The molecule has 172 valence electrons. The predicted molar refractivity (Wildman–Crippen MR) is 132 cm³/mol. The molecule has 0 aliphatic rings. The van der Waals surface area contributed by atoms with Crippen molar-refractivity contribution in [2.75, 3.05) is 0 Å². The lowest BCUT2D eigenvalue weighted by molar-refractivity contribution is -0.454. The Morgan fingerprint density at radius 3 is 1.86 bits per heavy atom. The molecule has 0 saturated carbocycles. The number of aromatic nitrogens is 6. The van der Waals surface area contributed by atoms with Crippen molar-refractivity contribution in [1.82, 2.24) is 24.9 Å². The third-order valence-electron chi connectivity index (χ3n) is 6.08. The molecule has 2 aromatic heterocycles. The summed E-state index contributed by atoms with van der Waals surface area (Å²) in [6.45, 7) is 3.93. The number of para-hydroxylation sites is 1. The van der Waals surface area contributed by atoms with Gasteiger partial charge in [-0.25, -0.2) is 0 Å². The van der Waals surface area contributed by atoms with Gasteiger partial charge < -0.3 is 10.2 Å². The molecule has 2 heterocycles. The van der Waals surface area contributed by atoms with E-state index < -0.39 is 0 Å². The van der Waals surface area contributed by atoms with Gasteiger partial charge in [0.2, 0.25) is 5.52 Å². The molecule has 0 amide bonds. The monoisotopic (exact) mass is 463 g/mol. The minimum absolute atomic E-state index is 0.0785. The number of fused-ring (bicyclic) bond motifs is 2. The van der Waals surface area contributed by atoms with Crippen molar-refractivity contribution in [3.63, 3.8) is 0 Å². The molecule has 0 bridgehead atoms. The van der Waals surface area contributed by atoms with Crippen LogP contribution in [0.2, 0.25) is 0 Å². The lowest BCUT2D eigenvalue weighted by Gasteiger charge is -2.13. The van der Waals surface area contributed by atoms with Gasteiger partial charge in [0, 0.05) is 17.5 Å². The minimum Gasteiger partial charge on any atom is -0.505 e. The maximum Gasteiger partial charge on any atom is 0.249 e. The van der Waals surface area contributed by atoms with Crippen LogP contribution in [-0.2, 0) is 6.42 Å². The van der Waals surface area contributed by atoms with E-state index in [0.29, 0.717) is 28.9 Å². The zero-order valence-corrected chi connectivity index (χ0v) is 19.3. The number of hydrogen-bond donors (Lipinski definition) is 2. The standard InChI is InChI=1S/C27H22N6O2/c1-16-11-18(26(34)24(13-16)32-28-20-7-3-4-8-21(20)29-32)15-19-12-17(2)14-25(27(19)35)33-30-22-9-5-6-10-23(22)31-33/h3-14,34-35H,15H2,1-2H3/p+1. The van der Waals surface area contributed by atoms with Crippen LogP contribution in [0.3, 0.4) is 0 Å². The summed E-state index contributed by atoms with van der Waals surface area (Å²) in [5.74, 6) is 0.180. The second-order valence-electron chi connectivity index (χ2n) is 8.78. The minimum atomic E-state index is 0.0785. The van der Waals surface area contributed by atoms with Crippen LogP contribution >= 0.6 is 0 Å². The molecular weight excluding hydrogens is 440 g/mol. The summed E-state index contributed by atoms with van der Waals surface area (Å²) in [6.07, 6.45) is 0.322. The van der Waals surface area contributed by atoms with Crippen molar-refractivity contribution in [3.05, 3.63) is 95.1 Å². The van der Waals surface area contributed by atoms with E-state index in [1.807, 2.05) is 86.6 Å². The summed E-state index contributed by atoms with van der Waals surface area (Å²) in [5, 5.41) is 39.2. The largest absolute Gasteiger partial charge is 0.505 e. The fourth-order valence-electron chi connectivity index (χ4n) is 4.44. The number of aryl methyl sites for hydroxylation is 2. The zero-order valence-electron chi connectivity index (χ0n) is 19.3. The average Bonchev–Trinajstić information content (AvgIpc) is 3.47. The van der Waals surface area contributed by atoms with Crippen LogP contribution in [0, 0.1) is 13.8 Å². The first kappa shape index (κ1) is 20.9. The Labute approximate surface area is 200 Å². The van der Waals surface area contributed by atoms with Crippen molar-refractivity contribution >= 4 is 22.1 Å². The van der Waals surface area contributed by atoms with Crippen molar-refractivity contribution in [1.29, 1.82) is 0 Å². The lowest BCUT2D eigenvalue weighted by atomic mass is 9.98. The Morgan fingerprint density at radius 2 is 1.23 bits per heavy atom. The molecule has 0 unspecified atom stereocenters. The molecule has 6 aromatic rings. The van der Waals surface area contributed by atoms with E-state index in [0.717, 1.165) is 33.2 Å². The number of benzene rings is 4. The van der Waals surface area contributed by atoms with Gasteiger partial charge >= 0.3 is 0 Å². The molecule has 0 aliphatic heterocycles. The van der Waals surface area contributed by atoms with Crippen LogP contribution in [0.5, 0.6) is 11.5 Å². The quantitative estimate of drug-likeness (QED) is 0.408. The maximum atomic E-state index is 11.2. The fourth-order valence-corrected chi connectivity index (χ4v) is 4.44. The fraction of sp³-hybridized carbons (Fsp3) is 0.111. The van der Waals surface area contributed by atoms with E-state index in [1.54, 1.807) is 4.80 Å². The molecule has 8 heteroatoms. The van der Waals surface area contributed by atoms with Crippen LogP contribution in [0.15, 0.2) is 72.8 Å². The van der Waals surface area contributed by atoms with Crippen molar-refractivity contribution in [3.8, 4) is 22.9 Å². The molecule has 4 aromatic carbocycles. The number of phenols is 2. The SMILES string of the molecule is Cc1cc(Cc2cc(C)cc(-n3nc4ccccc4[nH+]3)c2O)c(O)c(-n2nc3ccccc3n2)c1. The third-order valence-corrected chi connectivity index (χ3v) is 6.08. The van der Waals surface area contributed by atoms with Gasteiger partial charge in [-0.3, -0.25) is 0 Å². The highest BCUT2D eigenvalue weighted by molar-refractivity contribution is 5.74. The molecule has 0 spiro atoms. The number of rotatable bonds is 4. The summed E-state index contributed by atoms with van der Waals surface area (Å²) in [7, 11) is 0. The highest BCUT2D eigenvalue weighted by Gasteiger charge is 2.20. The summed E-state index contributed by atoms with van der Waals surface area (Å²) < 4.78 is 0. The Kier molecular flexibility index (Phi) is 4.74. The first-order valence-corrected chi connectivity index (χ1v) is 11.3. The molecular formula is C27H23N6O2+. The molecule has 35 heavy (non-hydrogen) atoms. The van der Waals surface area contributed by atoms with E-state index in [2.05, 4.69) is 20.4 Å². The van der Waals surface area contributed by atoms with Crippen LogP contribution in [0.4, 0.5) is 0 Å². The molecule has 0 aliphatic carbocycles. The highest BCUT2D eigenvalue weighted by atomic mass is 16.3. The van der Waals surface area contributed by atoms with E-state index in [9.17, 15) is 10.2 Å². The topological polar surface area (TPSA) is 103 Å². The molecule has 0 atom stereocenters. The Bertz CT molecular complexity index is 1540. The summed E-state index contributed by atoms with van der Waals surface area (Å²) in [4.78, 5) is 3.04. The average molecular weight is 464 g/mol. The summed E-state index contributed by atoms with van der Waals surface area (Å²) in [5.41, 5.74) is 7.48. The van der Waals surface area contributed by atoms with Gasteiger partial charge in [-0.1, -0.05) is 36.4 Å². The first-order chi connectivity index (χ1) is 17.0. The van der Waals surface area contributed by atoms with E-state index in [1.165, 1.54) is 4.80 Å². The Morgan fingerprint density at radius 1 is 0.686 bits per heavy atom. The molecule has 0 fully saturated rings. The highest BCUT2D eigenvalue weighted by Crippen LogP contribution is 2.34. The van der Waals surface area contributed by atoms with Crippen LogP contribution in [0.1, 0.15) is 22.3 Å². The van der Waals surface area contributed by atoms with Crippen LogP contribution in [-0.4, -0.2) is 35.1 Å². The smallest absolute Gasteiger partial charge is 0.249 e. The normalized spacial score (nSPS) is 11.5. The third kappa shape index (κ3) is 3.65. The van der Waals surface area contributed by atoms with Gasteiger partial charge in [0.25, 0.3) is 0 Å². The van der Waals surface area contributed by atoms with E-state index in [4.69, 9.17) is 0 Å². The molecule has 3 N–H and O–H groups in total. The van der Waals surface area contributed by atoms with Gasteiger partial charge in [0.05, 0.1) is 5.10 Å². The number of hydrogen-bond acceptors (Lipinski definition) is 5. The van der Waals surface area contributed by atoms with E-state index in [-0.39, 0.29) is 11.5 Å². The van der Waals surface area contributed by atoms with Crippen LogP contribution < -0.4 is 5.10 Å². The molecule has 0 radical (unpaired) electrons. The Balaban J connectivity index is 1.43. The summed E-state index contributed by atoms with van der Waals surface area (Å²) in [6, 6.07) is 22.8. The molecule has 8 nitrogen and oxygen atoms in total. The Hall–Kier alpha value is -4.72. The lowest BCUT2D eigenvalue weighted by Crippen LogP contribution is -2.18. The van der Waals surface area contributed by atoms with E-state index >= 15 is 0 Å². The number of phenolic OH excluding ortho intramolecular Hbond substituents is 2. The van der Waals surface area contributed by atoms with Gasteiger partial charge in [0.15, 0.2) is 17.0 Å². The zero-order chi connectivity index (χ0) is 24.1. The number of H-pyrrole nitrogens is 1. The van der Waals surface area contributed by atoms with Crippen molar-refractivity contribution < 1.29 is 15.3 Å².